The molecule has 1 aliphatic rings. The summed E-state index contributed by atoms with van der Waals surface area (Å²) in [4.78, 5) is 16.5. The van der Waals surface area contributed by atoms with Gasteiger partial charge in [-0.2, -0.15) is 0 Å². The van der Waals surface area contributed by atoms with Gasteiger partial charge >= 0.3 is 0 Å². The van der Waals surface area contributed by atoms with Gasteiger partial charge in [-0.25, -0.2) is 0 Å². The lowest BCUT2D eigenvalue weighted by Crippen LogP contribution is -2.48. The van der Waals surface area contributed by atoms with Gasteiger partial charge < -0.3 is 20.3 Å². The number of aliphatic hydroxyl groups is 1. The minimum absolute atomic E-state index is 0.447. The largest absolute Gasteiger partial charge is 0.392 e. The van der Waals surface area contributed by atoms with Gasteiger partial charge in [0.1, 0.15) is 5.69 Å². The first-order chi connectivity index (χ1) is 15.5. The number of primary amides is 1. The molecule has 4 rings (SSSR count). The van der Waals surface area contributed by atoms with Gasteiger partial charge in [0.25, 0.3) is 5.91 Å². The highest BCUT2D eigenvalue weighted by Crippen LogP contribution is 2.30. The van der Waals surface area contributed by atoms with Gasteiger partial charge in [-0.15, -0.1) is 0 Å². The Hall–Kier alpha value is -2.54. The average Bonchev–Trinajstić information content (AvgIpc) is 3.17. The predicted molar refractivity (Wildman–Crippen MR) is 131 cm³/mol. The van der Waals surface area contributed by atoms with Crippen molar-refractivity contribution in [2.24, 2.45) is 5.73 Å². The zero-order valence-corrected chi connectivity index (χ0v) is 19.3. The fourth-order valence-corrected chi connectivity index (χ4v) is 4.96. The number of amides is 1. The minimum atomic E-state index is -0.476. The maximum absolute atomic E-state index is 11.9. The molecule has 2 heterocycles. The number of carbonyl (C=O) groups excluding carboxylic acids is 1. The summed E-state index contributed by atoms with van der Waals surface area (Å²) in [6, 6.07) is 15.9. The Bertz CT molecular complexity index is 1090. The number of aromatic nitrogens is 1. The van der Waals surface area contributed by atoms with E-state index < -0.39 is 12.0 Å². The Labute approximate surface area is 194 Å². The molecule has 7 heteroatoms. The van der Waals surface area contributed by atoms with Crippen LogP contribution in [-0.4, -0.2) is 59.3 Å². The lowest BCUT2D eigenvalue weighted by atomic mass is 10.1. The third-order valence-electron chi connectivity index (χ3n) is 6.37. The molecule has 0 radical (unpaired) electrons. The molecule has 1 saturated heterocycles. The van der Waals surface area contributed by atoms with Gasteiger partial charge in [0.2, 0.25) is 0 Å². The number of para-hydroxylation sites is 1. The summed E-state index contributed by atoms with van der Waals surface area (Å²) in [5, 5.41) is 12.5. The van der Waals surface area contributed by atoms with Gasteiger partial charge in [0.15, 0.2) is 0 Å². The predicted octanol–water partition coefficient (Wildman–Crippen LogP) is 3.53. The monoisotopic (exact) mass is 454 g/mol. The van der Waals surface area contributed by atoms with Gasteiger partial charge in [-0.1, -0.05) is 48.9 Å². The molecule has 0 spiro atoms. The Balaban J connectivity index is 1.33. The molecule has 3 N–H and O–H groups in total. The number of carbonyl (C=O) groups is 1. The Kier molecular flexibility index (Phi) is 7.04. The van der Waals surface area contributed by atoms with Crippen LogP contribution in [0.2, 0.25) is 5.02 Å². The fraction of sp³-hybridized carbons (Fsp3) is 0.400. The van der Waals surface area contributed by atoms with E-state index >= 15 is 0 Å². The third kappa shape index (κ3) is 4.77. The molecule has 1 fully saturated rings. The number of aliphatic hydroxyl groups excluding tert-OH is 1. The molecule has 170 valence electrons. The van der Waals surface area contributed by atoms with Crippen LogP contribution in [0, 0.1) is 0 Å². The first kappa shape index (κ1) is 22.6. The Morgan fingerprint density at radius 3 is 2.59 bits per heavy atom. The van der Waals surface area contributed by atoms with Crippen LogP contribution in [0.3, 0.4) is 0 Å². The van der Waals surface area contributed by atoms with Crippen molar-refractivity contribution >= 4 is 34.1 Å². The third-order valence-corrected chi connectivity index (χ3v) is 6.81. The number of fused-ring (bicyclic) bond motifs is 1. The minimum Gasteiger partial charge on any atom is -0.392 e. The molecule has 2 aromatic carbocycles. The van der Waals surface area contributed by atoms with Crippen LogP contribution in [-0.2, 0) is 13.0 Å². The number of piperazine rings is 1. The first-order valence-electron chi connectivity index (χ1n) is 11.3. The average molecular weight is 455 g/mol. The molecule has 1 atom stereocenters. The number of nitrogens with two attached hydrogens (primary N) is 1. The molecule has 0 unspecified atom stereocenters. The lowest BCUT2D eigenvalue weighted by Gasteiger charge is -2.37. The normalized spacial score (nSPS) is 15.9. The summed E-state index contributed by atoms with van der Waals surface area (Å²) >= 11 is 6.60. The van der Waals surface area contributed by atoms with E-state index in [1.165, 1.54) is 5.56 Å². The second-order valence-corrected chi connectivity index (χ2v) is 8.82. The number of hydrogen-bond acceptors (Lipinski definition) is 4. The van der Waals surface area contributed by atoms with E-state index in [0.29, 0.717) is 25.2 Å². The molecule has 0 bridgehead atoms. The topological polar surface area (TPSA) is 74.7 Å². The number of anilines is 1. The summed E-state index contributed by atoms with van der Waals surface area (Å²) in [6.07, 6.45) is 1.01. The van der Waals surface area contributed by atoms with E-state index in [0.717, 1.165) is 54.2 Å². The smallest absolute Gasteiger partial charge is 0.265 e. The number of benzene rings is 2. The number of rotatable bonds is 8. The highest BCUT2D eigenvalue weighted by atomic mass is 35.5. The van der Waals surface area contributed by atoms with Crippen molar-refractivity contribution in [2.75, 3.05) is 37.6 Å². The fourth-order valence-electron chi connectivity index (χ4n) is 4.58. The van der Waals surface area contributed by atoms with E-state index in [9.17, 15) is 9.90 Å². The lowest BCUT2D eigenvalue weighted by molar-refractivity contribution is 0.0952. The first-order valence-corrected chi connectivity index (χ1v) is 11.7. The van der Waals surface area contributed by atoms with Crippen molar-refractivity contribution in [2.45, 2.75) is 32.4 Å². The zero-order valence-electron chi connectivity index (χ0n) is 18.5. The van der Waals surface area contributed by atoms with Gasteiger partial charge in [0, 0.05) is 50.2 Å². The van der Waals surface area contributed by atoms with Crippen molar-refractivity contribution in [3.8, 4) is 0 Å². The van der Waals surface area contributed by atoms with Crippen LogP contribution >= 0.6 is 11.6 Å². The van der Waals surface area contributed by atoms with Gasteiger partial charge in [-0.3, -0.25) is 9.69 Å². The van der Waals surface area contributed by atoms with Gasteiger partial charge in [-0.05, 0) is 36.6 Å². The van der Waals surface area contributed by atoms with Crippen molar-refractivity contribution in [3.63, 3.8) is 0 Å². The van der Waals surface area contributed by atoms with Crippen LogP contribution in [0.4, 0.5) is 5.69 Å². The number of hydrogen-bond donors (Lipinski definition) is 2. The summed E-state index contributed by atoms with van der Waals surface area (Å²) in [5.41, 5.74) is 9.31. The molecule has 0 saturated carbocycles. The number of nitrogens with zero attached hydrogens (tertiary/aromatic N) is 3. The second kappa shape index (κ2) is 9.94. The highest BCUT2D eigenvalue weighted by Gasteiger charge is 2.22. The molecule has 0 aliphatic carbocycles. The molecule has 1 aromatic heterocycles. The maximum Gasteiger partial charge on any atom is 0.265 e. The van der Waals surface area contributed by atoms with Crippen molar-refractivity contribution in [3.05, 3.63) is 64.8 Å². The van der Waals surface area contributed by atoms with Crippen LogP contribution < -0.4 is 10.6 Å². The molecule has 1 aliphatic heterocycles. The van der Waals surface area contributed by atoms with E-state index in [4.69, 9.17) is 17.3 Å². The molecule has 32 heavy (non-hydrogen) atoms. The number of halogens is 1. The van der Waals surface area contributed by atoms with E-state index in [1.807, 2.05) is 34.9 Å². The molecular weight excluding hydrogens is 424 g/mol. The Morgan fingerprint density at radius 1 is 1.12 bits per heavy atom. The van der Waals surface area contributed by atoms with Crippen LogP contribution in [0.15, 0.2) is 48.5 Å². The zero-order chi connectivity index (χ0) is 22.7. The molecule has 6 nitrogen and oxygen atoms in total. The summed E-state index contributed by atoms with van der Waals surface area (Å²) in [7, 11) is 0. The van der Waals surface area contributed by atoms with Crippen molar-refractivity contribution in [1.29, 1.82) is 0 Å². The van der Waals surface area contributed by atoms with E-state index in [2.05, 4.69) is 34.9 Å². The van der Waals surface area contributed by atoms with Crippen molar-refractivity contribution < 1.29 is 9.90 Å². The van der Waals surface area contributed by atoms with Crippen molar-refractivity contribution in [1.82, 2.24) is 9.47 Å². The van der Waals surface area contributed by atoms with Crippen LogP contribution in [0.5, 0.6) is 0 Å². The Morgan fingerprint density at radius 2 is 1.88 bits per heavy atom. The number of β-amino-alcohol motifs (C(OH)–C–C–N with tert-alkyl or cyclic N) is 1. The highest BCUT2D eigenvalue weighted by molar-refractivity contribution is 6.34. The maximum atomic E-state index is 11.9. The van der Waals surface area contributed by atoms with Gasteiger partial charge in [0.05, 0.1) is 16.8 Å². The molecular formula is C25H31ClN4O2. The summed E-state index contributed by atoms with van der Waals surface area (Å²) in [5.74, 6) is -0.447. The summed E-state index contributed by atoms with van der Waals surface area (Å²) in [6.45, 7) is 6.80. The number of aryl methyl sites for hydroxylation is 2. The summed E-state index contributed by atoms with van der Waals surface area (Å²) < 4.78 is 1.92. The quantitative estimate of drug-likeness (QED) is 0.546. The van der Waals surface area contributed by atoms with E-state index in [1.54, 1.807) is 0 Å². The standard InChI is InChI=1S/C25H31ClN4O2/c1-2-18-7-5-9-22(24(18)26)29-14-12-28(13-15-29)17-20(31)10-11-30-21-8-4-3-6-19(21)16-23(30)25(27)32/h3-9,16,20,31H,2,10-15,17H2,1H3,(H2,27,32)/t20-/m1/s1. The SMILES string of the molecule is CCc1cccc(N2CCN(C[C@H](O)CCn3c(C(N)=O)cc4ccccc43)CC2)c1Cl. The van der Waals surface area contributed by atoms with E-state index in [-0.39, 0.29) is 0 Å². The van der Waals surface area contributed by atoms with Crippen LogP contribution in [0.1, 0.15) is 29.4 Å². The molecule has 1 amide bonds. The second-order valence-electron chi connectivity index (χ2n) is 8.44. The molecule has 3 aromatic rings. The van der Waals surface area contributed by atoms with Crippen LogP contribution in [0.25, 0.3) is 10.9 Å².